The van der Waals surface area contributed by atoms with Crippen LogP contribution in [0.25, 0.3) is 10.6 Å². The molecule has 3 aromatic heterocycles. The van der Waals surface area contributed by atoms with Gasteiger partial charge in [0.05, 0.1) is 11.7 Å². The van der Waals surface area contributed by atoms with E-state index in [4.69, 9.17) is 4.52 Å². The predicted molar refractivity (Wildman–Crippen MR) is 102 cm³/mol. The molecule has 3 aromatic rings. The first kappa shape index (κ1) is 17.7. The van der Waals surface area contributed by atoms with Gasteiger partial charge in [-0.05, 0) is 31.9 Å². The van der Waals surface area contributed by atoms with Crippen LogP contribution in [0, 0.1) is 6.92 Å². The lowest BCUT2D eigenvalue weighted by molar-refractivity contribution is 0.191. The van der Waals surface area contributed by atoms with Crippen molar-refractivity contribution >= 4 is 17.4 Å². The molecular formula is C19H21N5O2S. The van der Waals surface area contributed by atoms with Crippen molar-refractivity contribution in [1.82, 2.24) is 25.3 Å². The van der Waals surface area contributed by atoms with Crippen molar-refractivity contribution in [2.75, 3.05) is 13.1 Å². The minimum Gasteiger partial charge on any atom is -0.361 e. The summed E-state index contributed by atoms with van der Waals surface area (Å²) < 4.78 is 5.16. The number of aryl methyl sites for hydroxylation is 1. The van der Waals surface area contributed by atoms with E-state index in [2.05, 4.69) is 20.4 Å². The molecule has 4 heterocycles. The van der Waals surface area contributed by atoms with Crippen molar-refractivity contribution in [3.8, 4) is 10.6 Å². The Morgan fingerprint density at radius 1 is 1.41 bits per heavy atom. The second kappa shape index (κ2) is 7.87. The summed E-state index contributed by atoms with van der Waals surface area (Å²) in [4.78, 5) is 23.1. The number of amides is 2. The molecule has 4 rings (SSSR count). The molecule has 8 heteroatoms. The molecule has 0 unspecified atom stereocenters. The summed E-state index contributed by atoms with van der Waals surface area (Å²) in [6.45, 7) is 3.16. The third-order valence-corrected chi connectivity index (χ3v) is 5.58. The van der Waals surface area contributed by atoms with Gasteiger partial charge in [0.25, 0.3) is 0 Å². The van der Waals surface area contributed by atoms with Crippen LogP contribution >= 0.6 is 11.3 Å². The summed E-state index contributed by atoms with van der Waals surface area (Å²) in [6, 6.07) is 5.75. The Balaban J connectivity index is 1.31. The number of thiazole rings is 1. The Hall–Kier alpha value is -2.74. The molecule has 1 saturated heterocycles. The maximum Gasteiger partial charge on any atom is 0.317 e. The molecule has 1 fully saturated rings. The molecule has 0 spiro atoms. The van der Waals surface area contributed by atoms with Crippen LogP contribution in [-0.4, -0.2) is 39.1 Å². The van der Waals surface area contributed by atoms with Gasteiger partial charge in [-0.25, -0.2) is 9.78 Å². The van der Waals surface area contributed by atoms with E-state index in [0.29, 0.717) is 13.0 Å². The Morgan fingerprint density at radius 2 is 2.26 bits per heavy atom. The maximum atomic E-state index is 12.6. The van der Waals surface area contributed by atoms with Crippen molar-refractivity contribution in [3.63, 3.8) is 0 Å². The van der Waals surface area contributed by atoms with Crippen LogP contribution in [-0.2, 0) is 6.42 Å². The third kappa shape index (κ3) is 4.00. The van der Waals surface area contributed by atoms with E-state index in [0.717, 1.165) is 47.1 Å². The van der Waals surface area contributed by atoms with E-state index < -0.39 is 0 Å². The highest BCUT2D eigenvalue weighted by atomic mass is 32.1. The molecule has 0 saturated carbocycles. The molecule has 1 aliphatic heterocycles. The van der Waals surface area contributed by atoms with E-state index in [1.807, 2.05) is 35.4 Å². The summed E-state index contributed by atoms with van der Waals surface area (Å²) in [5.41, 5.74) is 2.88. The number of aromatic nitrogens is 3. The number of rotatable bonds is 5. The normalized spacial score (nSPS) is 16.6. The van der Waals surface area contributed by atoms with Crippen molar-refractivity contribution in [2.45, 2.75) is 32.2 Å². The largest absolute Gasteiger partial charge is 0.361 e. The number of carbonyl (C=O) groups is 1. The van der Waals surface area contributed by atoms with Gasteiger partial charge < -0.3 is 14.7 Å². The molecule has 27 heavy (non-hydrogen) atoms. The first-order valence-corrected chi connectivity index (χ1v) is 9.91. The number of likely N-dealkylation sites (tertiary alicyclic amines) is 1. The predicted octanol–water partition coefficient (Wildman–Crippen LogP) is 3.59. The van der Waals surface area contributed by atoms with Gasteiger partial charge >= 0.3 is 6.03 Å². The van der Waals surface area contributed by atoms with E-state index >= 15 is 0 Å². The monoisotopic (exact) mass is 383 g/mol. The molecule has 1 aliphatic rings. The van der Waals surface area contributed by atoms with Crippen LogP contribution in [0.2, 0.25) is 0 Å². The molecule has 7 nitrogen and oxygen atoms in total. The Labute approximate surface area is 161 Å². The van der Waals surface area contributed by atoms with Crippen LogP contribution < -0.4 is 5.32 Å². The molecule has 2 amide bonds. The van der Waals surface area contributed by atoms with Crippen LogP contribution in [0.4, 0.5) is 4.79 Å². The van der Waals surface area contributed by atoms with Crippen molar-refractivity contribution in [1.29, 1.82) is 0 Å². The fourth-order valence-corrected chi connectivity index (χ4v) is 4.17. The van der Waals surface area contributed by atoms with Gasteiger partial charge in [0.2, 0.25) is 0 Å². The van der Waals surface area contributed by atoms with Crippen LogP contribution in [0.5, 0.6) is 0 Å². The van der Waals surface area contributed by atoms with Gasteiger partial charge in [-0.1, -0.05) is 5.16 Å². The summed E-state index contributed by atoms with van der Waals surface area (Å²) in [5, 5.41) is 10.1. The van der Waals surface area contributed by atoms with Crippen LogP contribution in [0.15, 0.2) is 40.5 Å². The SMILES string of the molecule is Cc1cc([C@@H]2CCCN2C(=O)NCCc2csc(-c3ccncc3)n2)no1. The van der Waals surface area contributed by atoms with Gasteiger partial charge in [-0.2, -0.15) is 0 Å². The highest BCUT2D eigenvalue weighted by molar-refractivity contribution is 7.13. The topological polar surface area (TPSA) is 84.2 Å². The van der Waals surface area contributed by atoms with Crippen molar-refractivity contribution in [2.24, 2.45) is 0 Å². The lowest BCUT2D eigenvalue weighted by Crippen LogP contribution is -2.40. The van der Waals surface area contributed by atoms with Crippen LogP contribution in [0.1, 0.15) is 36.0 Å². The summed E-state index contributed by atoms with van der Waals surface area (Å²) in [7, 11) is 0. The van der Waals surface area contributed by atoms with E-state index in [1.54, 1.807) is 23.7 Å². The van der Waals surface area contributed by atoms with Gasteiger partial charge in [-0.15, -0.1) is 11.3 Å². The average molecular weight is 383 g/mol. The molecular weight excluding hydrogens is 362 g/mol. The lowest BCUT2D eigenvalue weighted by Gasteiger charge is -2.23. The number of urea groups is 1. The lowest BCUT2D eigenvalue weighted by atomic mass is 10.1. The Morgan fingerprint density at radius 3 is 3.04 bits per heavy atom. The molecule has 1 N–H and O–H groups in total. The molecule has 1 atom stereocenters. The molecule has 0 aromatic carbocycles. The van der Waals surface area contributed by atoms with Gasteiger partial charge in [0.15, 0.2) is 0 Å². The molecule has 0 aliphatic carbocycles. The number of nitrogens with one attached hydrogen (secondary N) is 1. The summed E-state index contributed by atoms with van der Waals surface area (Å²) in [6.07, 6.45) is 6.12. The van der Waals surface area contributed by atoms with Gasteiger partial charge in [0.1, 0.15) is 16.5 Å². The van der Waals surface area contributed by atoms with E-state index in [9.17, 15) is 4.79 Å². The Bertz CT molecular complexity index is 908. The Kier molecular flexibility index (Phi) is 5.15. The smallest absolute Gasteiger partial charge is 0.317 e. The fraction of sp³-hybridized carbons (Fsp3) is 0.368. The minimum absolute atomic E-state index is 0.0000141. The summed E-state index contributed by atoms with van der Waals surface area (Å²) in [5.74, 6) is 0.769. The fourth-order valence-electron chi connectivity index (χ4n) is 3.31. The summed E-state index contributed by atoms with van der Waals surface area (Å²) >= 11 is 1.61. The first-order valence-electron chi connectivity index (χ1n) is 9.03. The zero-order valence-electron chi connectivity index (χ0n) is 15.1. The van der Waals surface area contributed by atoms with Crippen molar-refractivity contribution < 1.29 is 9.32 Å². The van der Waals surface area contributed by atoms with E-state index in [-0.39, 0.29) is 12.1 Å². The standard InChI is InChI=1S/C19H21N5O2S/c1-13-11-16(23-26-13)17-3-2-10-24(17)19(25)21-9-6-15-12-27-18(22-15)14-4-7-20-8-5-14/h4-5,7-8,11-12,17H,2-3,6,9-10H2,1H3,(H,21,25)/t17-/m0/s1. The molecule has 0 bridgehead atoms. The number of pyridine rings is 1. The zero-order valence-corrected chi connectivity index (χ0v) is 15.9. The van der Waals surface area contributed by atoms with Crippen molar-refractivity contribution in [3.05, 3.63) is 53.1 Å². The highest BCUT2D eigenvalue weighted by Gasteiger charge is 2.31. The number of hydrogen-bond donors (Lipinski definition) is 1. The highest BCUT2D eigenvalue weighted by Crippen LogP contribution is 2.31. The first-order chi connectivity index (χ1) is 13.2. The average Bonchev–Trinajstić information content (AvgIpc) is 3.42. The van der Waals surface area contributed by atoms with Crippen LogP contribution in [0.3, 0.4) is 0 Å². The van der Waals surface area contributed by atoms with Gasteiger partial charge in [-0.3, -0.25) is 4.98 Å². The second-order valence-electron chi connectivity index (χ2n) is 6.58. The quantitative estimate of drug-likeness (QED) is 0.728. The number of carbonyl (C=O) groups excluding carboxylic acids is 1. The second-order valence-corrected chi connectivity index (χ2v) is 7.43. The molecule has 0 radical (unpaired) electrons. The third-order valence-electron chi connectivity index (χ3n) is 4.64. The minimum atomic E-state index is -0.0530. The van der Waals surface area contributed by atoms with Gasteiger partial charge in [0, 0.05) is 48.9 Å². The maximum absolute atomic E-state index is 12.6. The van der Waals surface area contributed by atoms with E-state index in [1.165, 1.54) is 0 Å². The molecule has 140 valence electrons. The number of hydrogen-bond acceptors (Lipinski definition) is 6. The number of nitrogens with zero attached hydrogens (tertiary/aromatic N) is 4. The zero-order chi connectivity index (χ0) is 18.6.